The number of nitrogens with one attached hydrogen (secondary N) is 2. The summed E-state index contributed by atoms with van der Waals surface area (Å²) >= 11 is 0. The number of amides is 1. The second-order valence-corrected chi connectivity index (χ2v) is 8.75. The zero-order valence-corrected chi connectivity index (χ0v) is 15.9. The molecular formula is C20H23FN2O3S. The van der Waals surface area contributed by atoms with Gasteiger partial charge in [-0.25, -0.2) is 12.8 Å². The first-order valence-corrected chi connectivity index (χ1v) is 10.5. The number of sulfonamides is 1. The van der Waals surface area contributed by atoms with Crippen molar-refractivity contribution >= 4 is 21.6 Å². The zero-order chi connectivity index (χ0) is 19.4. The Kier molecular flexibility index (Phi) is 5.79. The van der Waals surface area contributed by atoms with Crippen LogP contribution in [-0.2, 0) is 10.0 Å². The fourth-order valence-electron chi connectivity index (χ4n) is 3.21. The van der Waals surface area contributed by atoms with E-state index in [-0.39, 0.29) is 22.5 Å². The van der Waals surface area contributed by atoms with Gasteiger partial charge in [0.05, 0.1) is 4.90 Å². The minimum absolute atomic E-state index is 0.0169. The predicted molar refractivity (Wildman–Crippen MR) is 103 cm³/mol. The van der Waals surface area contributed by atoms with Gasteiger partial charge in [0.25, 0.3) is 15.9 Å². The predicted octanol–water partition coefficient (Wildman–Crippen LogP) is 3.94. The molecule has 2 aromatic rings. The van der Waals surface area contributed by atoms with Crippen molar-refractivity contribution in [3.63, 3.8) is 0 Å². The molecule has 1 aliphatic carbocycles. The van der Waals surface area contributed by atoms with E-state index in [9.17, 15) is 17.6 Å². The molecule has 1 aliphatic rings. The van der Waals surface area contributed by atoms with Gasteiger partial charge in [-0.15, -0.1) is 0 Å². The van der Waals surface area contributed by atoms with Crippen LogP contribution in [0.4, 0.5) is 10.1 Å². The maximum absolute atomic E-state index is 13.0. The van der Waals surface area contributed by atoms with Crippen LogP contribution in [0.3, 0.4) is 0 Å². The van der Waals surface area contributed by atoms with Crippen molar-refractivity contribution in [1.82, 2.24) is 5.32 Å². The third-order valence-electron chi connectivity index (χ3n) is 4.85. The highest BCUT2D eigenvalue weighted by molar-refractivity contribution is 7.92. The molecule has 0 aliphatic heterocycles. The van der Waals surface area contributed by atoms with Crippen LogP contribution in [0.5, 0.6) is 0 Å². The molecule has 5 nitrogen and oxygen atoms in total. The molecule has 0 unspecified atom stereocenters. The Morgan fingerprint density at radius 1 is 1.04 bits per heavy atom. The third kappa shape index (κ3) is 5.07. The second-order valence-electron chi connectivity index (χ2n) is 7.07. The molecule has 1 amide bonds. The first-order valence-electron chi connectivity index (χ1n) is 9.03. The van der Waals surface area contributed by atoms with Crippen LogP contribution in [0.15, 0.2) is 53.4 Å². The van der Waals surface area contributed by atoms with Crippen LogP contribution >= 0.6 is 0 Å². The van der Waals surface area contributed by atoms with Crippen molar-refractivity contribution < 1.29 is 17.6 Å². The van der Waals surface area contributed by atoms with Gasteiger partial charge >= 0.3 is 0 Å². The van der Waals surface area contributed by atoms with E-state index in [1.54, 1.807) is 6.07 Å². The number of hydrogen-bond acceptors (Lipinski definition) is 3. The monoisotopic (exact) mass is 390 g/mol. The highest BCUT2D eigenvalue weighted by Gasteiger charge is 2.21. The Labute approximate surface area is 159 Å². The smallest absolute Gasteiger partial charge is 0.261 e. The summed E-state index contributed by atoms with van der Waals surface area (Å²) in [6.07, 6.45) is 4.05. The van der Waals surface area contributed by atoms with Crippen LogP contribution in [0.25, 0.3) is 0 Å². The number of rotatable bonds is 5. The average Bonchev–Trinajstić information content (AvgIpc) is 2.65. The average molecular weight is 390 g/mol. The van der Waals surface area contributed by atoms with Gasteiger partial charge in [-0.2, -0.15) is 0 Å². The lowest BCUT2D eigenvalue weighted by molar-refractivity contribution is 0.0923. The molecule has 0 heterocycles. The van der Waals surface area contributed by atoms with Gasteiger partial charge < -0.3 is 5.32 Å². The van der Waals surface area contributed by atoms with Crippen molar-refractivity contribution in [3.05, 3.63) is 59.9 Å². The van der Waals surface area contributed by atoms with Crippen molar-refractivity contribution in [1.29, 1.82) is 0 Å². The summed E-state index contributed by atoms with van der Waals surface area (Å²) < 4.78 is 40.5. The van der Waals surface area contributed by atoms with E-state index < -0.39 is 15.8 Å². The van der Waals surface area contributed by atoms with Crippen molar-refractivity contribution in [3.8, 4) is 0 Å². The number of carbonyl (C=O) groups is 1. The van der Waals surface area contributed by atoms with Crippen molar-refractivity contribution in [2.24, 2.45) is 5.92 Å². The summed E-state index contributed by atoms with van der Waals surface area (Å²) in [5.41, 5.74) is 0.554. The van der Waals surface area contributed by atoms with Crippen LogP contribution in [0, 0.1) is 11.7 Å². The topological polar surface area (TPSA) is 75.3 Å². The molecule has 7 heteroatoms. The van der Waals surface area contributed by atoms with Gasteiger partial charge in [-0.3, -0.25) is 9.52 Å². The lowest BCUT2D eigenvalue weighted by atomic mass is 9.87. The maximum Gasteiger partial charge on any atom is 0.261 e. The first-order chi connectivity index (χ1) is 12.8. The van der Waals surface area contributed by atoms with Gasteiger partial charge in [0.1, 0.15) is 5.82 Å². The van der Waals surface area contributed by atoms with Gasteiger partial charge in [0.2, 0.25) is 0 Å². The van der Waals surface area contributed by atoms with Gasteiger partial charge in [-0.05, 0) is 74.1 Å². The van der Waals surface area contributed by atoms with Gasteiger partial charge in [0.15, 0.2) is 0 Å². The van der Waals surface area contributed by atoms with Crippen molar-refractivity contribution in [2.75, 3.05) is 4.72 Å². The normalized spacial score (nSPS) is 20.1. The van der Waals surface area contributed by atoms with E-state index in [0.717, 1.165) is 25.7 Å². The van der Waals surface area contributed by atoms with Gasteiger partial charge in [0, 0.05) is 17.3 Å². The zero-order valence-electron chi connectivity index (χ0n) is 15.1. The Hall–Kier alpha value is -2.41. The highest BCUT2D eigenvalue weighted by Crippen LogP contribution is 2.24. The first kappa shape index (κ1) is 19.4. The molecule has 27 heavy (non-hydrogen) atoms. The molecule has 2 N–H and O–H groups in total. The minimum atomic E-state index is -3.88. The standard InChI is InChI=1S/C20H23FN2O3S/c1-14-5-9-17(10-6-14)22-20(24)15-3-2-4-19(13-15)27(25,26)23-18-11-7-16(21)8-12-18/h2-4,7-8,11-14,17,23H,5-6,9-10H2,1H3,(H,22,24). The summed E-state index contributed by atoms with van der Waals surface area (Å²) in [6.45, 7) is 2.21. The molecule has 0 saturated heterocycles. The Bertz CT molecular complexity index is 905. The Morgan fingerprint density at radius 3 is 2.37 bits per heavy atom. The quantitative estimate of drug-likeness (QED) is 0.812. The molecule has 3 rings (SSSR count). The summed E-state index contributed by atoms with van der Waals surface area (Å²) in [4.78, 5) is 12.5. The van der Waals surface area contributed by atoms with E-state index in [2.05, 4.69) is 17.0 Å². The fourth-order valence-corrected chi connectivity index (χ4v) is 4.31. The molecule has 2 aromatic carbocycles. The third-order valence-corrected chi connectivity index (χ3v) is 6.23. The fraction of sp³-hybridized carbons (Fsp3) is 0.350. The number of halogens is 1. The van der Waals surface area contributed by atoms with Crippen LogP contribution in [0.2, 0.25) is 0 Å². The van der Waals surface area contributed by atoms with Gasteiger partial charge in [-0.1, -0.05) is 13.0 Å². The van der Waals surface area contributed by atoms with Crippen LogP contribution in [-0.4, -0.2) is 20.4 Å². The van der Waals surface area contributed by atoms with E-state index in [1.807, 2.05) is 0 Å². The Morgan fingerprint density at radius 2 is 1.70 bits per heavy atom. The number of carbonyl (C=O) groups excluding carboxylic acids is 1. The largest absolute Gasteiger partial charge is 0.349 e. The molecule has 0 spiro atoms. The number of anilines is 1. The molecule has 0 atom stereocenters. The summed E-state index contributed by atoms with van der Waals surface area (Å²) in [5.74, 6) is -0.0359. The highest BCUT2D eigenvalue weighted by atomic mass is 32.2. The van der Waals surface area contributed by atoms with E-state index in [4.69, 9.17) is 0 Å². The van der Waals surface area contributed by atoms with E-state index in [0.29, 0.717) is 11.5 Å². The lowest BCUT2D eigenvalue weighted by Crippen LogP contribution is -2.37. The summed E-state index contributed by atoms with van der Waals surface area (Å²) in [6, 6.07) is 11.1. The van der Waals surface area contributed by atoms with E-state index >= 15 is 0 Å². The minimum Gasteiger partial charge on any atom is -0.349 e. The SMILES string of the molecule is CC1CCC(NC(=O)c2cccc(S(=O)(=O)Nc3ccc(F)cc3)c2)CC1. The van der Waals surface area contributed by atoms with E-state index in [1.165, 1.54) is 42.5 Å². The van der Waals surface area contributed by atoms with Crippen LogP contribution < -0.4 is 10.0 Å². The lowest BCUT2D eigenvalue weighted by Gasteiger charge is -2.26. The molecule has 0 bridgehead atoms. The molecule has 0 radical (unpaired) electrons. The summed E-state index contributed by atoms with van der Waals surface area (Å²) in [7, 11) is -3.88. The molecule has 0 aromatic heterocycles. The molecule has 1 fully saturated rings. The maximum atomic E-state index is 13.0. The summed E-state index contributed by atoms with van der Waals surface area (Å²) in [5, 5.41) is 2.99. The number of benzene rings is 2. The molecule has 144 valence electrons. The van der Waals surface area contributed by atoms with Crippen LogP contribution in [0.1, 0.15) is 43.0 Å². The number of hydrogen-bond donors (Lipinski definition) is 2. The molecule has 1 saturated carbocycles. The van der Waals surface area contributed by atoms with Crippen molar-refractivity contribution in [2.45, 2.75) is 43.5 Å². The second kappa shape index (κ2) is 8.08. The molecular weight excluding hydrogens is 367 g/mol. The Balaban J connectivity index is 1.72.